The second kappa shape index (κ2) is 8.56. The van der Waals surface area contributed by atoms with Crippen molar-refractivity contribution in [2.24, 2.45) is 0 Å². The molecule has 138 valence electrons. The first-order valence-electron chi connectivity index (χ1n) is 8.34. The van der Waals surface area contributed by atoms with Gasteiger partial charge in [-0.2, -0.15) is 0 Å². The van der Waals surface area contributed by atoms with Crippen molar-refractivity contribution in [3.8, 4) is 5.75 Å². The molecule has 3 aromatic carbocycles. The summed E-state index contributed by atoms with van der Waals surface area (Å²) in [6.07, 6.45) is 0. The van der Waals surface area contributed by atoms with Crippen LogP contribution in [0, 0.1) is 6.92 Å². The number of carbonyl (C=O) groups is 2. The van der Waals surface area contributed by atoms with Crippen LogP contribution in [0.5, 0.6) is 5.75 Å². The number of esters is 1. The van der Waals surface area contributed by atoms with Crippen molar-refractivity contribution in [3.63, 3.8) is 0 Å². The fourth-order valence-electron chi connectivity index (χ4n) is 2.50. The Hall–Kier alpha value is -3.05. The van der Waals surface area contributed by atoms with E-state index in [0.29, 0.717) is 16.5 Å². The Balaban J connectivity index is 1.47. The van der Waals surface area contributed by atoms with Crippen LogP contribution in [-0.4, -0.2) is 25.1 Å². The standard InChI is InChI=1S/C21H18ClNO4/c1-14-6-8-17(22)11-19(14)23-20(24)12-27-21(25)13-26-18-9-7-15-4-2-3-5-16(15)10-18/h2-11H,12-13H2,1H3,(H,23,24). The molecule has 0 fully saturated rings. The third-order valence-corrected chi connectivity index (χ3v) is 4.15. The average Bonchev–Trinajstić information content (AvgIpc) is 2.67. The summed E-state index contributed by atoms with van der Waals surface area (Å²) >= 11 is 5.91. The lowest BCUT2D eigenvalue weighted by Gasteiger charge is -2.10. The van der Waals surface area contributed by atoms with Crippen molar-refractivity contribution in [1.29, 1.82) is 0 Å². The van der Waals surface area contributed by atoms with Gasteiger partial charge in [0.2, 0.25) is 0 Å². The molecule has 0 radical (unpaired) electrons. The van der Waals surface area contributed by atoms with Gasteiger partial charge in [0, 0.05) is 10.7 Å². The van der Waals surface area contributed by atoms with Crippen LogP contribution in [0.3, 0.4) is 0 Å². The largest absolute Gasteiger partial charge is 0.482 e. The summed E-state index contributed by atoms with van der Waals surface area (Å²) in [4.78, 5) is 23.7. The summed E-state index contributed by atoms with van der Waals surface area (Å²) in [7, 11) is 0. The highest BCUT2D eigenvalue weighted by atomic mass is 35.5. The summed E-state index contributed by atoms with van der Waals surface area (Å²) in [5.41, 5.74) is 1.44. The van der Waals surface area contributed by atoms with E-state index in [-0.39, 0.29) is 6.61 Å². The van der Waals surface area contributed by atoms with E-state index in [1.54, 1.807) is 24.3 Å². The number of rotatable bonds is 6. The zero-order valence-electron chi connectivity index (χ0n) is 14.7. The first-order chi connectivity index (χ1) is 13.0. The molecule has 0 heterocycles. The smallest absolute Gasteiger partial charge is 0.344 e. The number of amides is 1. The lowest BCUT2D eigenvalue weighted by Crippen LogP contribution is -2.24. The van der Waals surface area contributed by atoms with Crippen LogP contribution in [0.2, 0.25) is 5.02 Å². The van der Waals surface area contributed by atoms with Crippen LogP contribution in [0.15, 0.2) is 60.7 Å². The van der Waals surface area contributed by atoms with Crippen molar-refractivity contribution in [3.05, 3.63) is 71.2 Å². The van der Waals surface area contributed by atoms with Crippen LogP contribution in [-0.2, 0) is 14.3 Å². The van der Waals surface area contributed by atoms with E-state index < -0.39 is 18.5 Å². The Morgan fingerprint density at radius 2 is 1.74 bits per heavy atom. The topological polar surface area (TPSA) is 64.6 Å². The van der Waals surface area contributed by atoms with E-state index in [2.05, 4.69) is 5.32 Å². The molecule has 0 aliphatic rings. The number of carbonyl (C=O) groups excluding carboxylic acids is 2. The number of fused-ring (bicyclic) bond motifs is 1. The molecule has 0 atom stereocenters. The van der Waals surface area contributed by atoms with Crippen LogP contribution in [0.1, 0.15) is 5.56 Å². The van der Waals surface area contributed by atoms with E-state index in [0.717, 1.165) is 16.3 Å². The van der Waals surface area contributed by atoms with Gasteiger partial charge in [-0.15, -0.1) is 0 Å². The maximum atomic E-state index is 11.9. The third kappa shape index (κ3) is 5.21. The summed E-state index contributed by atoms with van der Waals surface area (Å²) < 4.78 is 10.4. The summed E-state index contributed by atoms with van der Waals surface area (Å²) in [6, 6.07) is 18.5. The van der Waals surface area contributed by atoms with Crippen LogP contribution < -0.4 is 10.1 Å². The minimum absolute atomic E-state index is 0.276. The van der Waals surface area contributed by atoms with Gasteiger partial charge in [-0.05, 0) is 47.5 Å². The zero-order valence-corrected chi connectivity index (χ0v) is 15.5. The van der Waals surface area contributed by atoms with Crippen molar-refractivity contribution in [1.82, 2.24) is 0 Å². The molecule has 0 unspecified atom stereocenters. The van der Waals surface area contributed by atoms with Gasteiger partial charge in [-0.1, -0.05) is 48.0 Å². The maximum Gasteiger partial charge on any atom is 0.344 e. The lowest BCUT2D eigenvalue weighted by molar-refractivity contribution is -0.149. The summed E-state index contributed by atoms with van der Waals surface area (Å²) in [6.45, 7) is 1.17. The minimum Gasteiger partial charge on any atom is -0.482 e. The number of benzene rings is 3. The first-order valence-corrected chi connectivity index (χ1v) is 8.72. The van der Waals surface area contributed by atoms with Crippen molar-refractivity contribution in [2.75, 3.05) is 18.5 Å². The summed E-state index contributed by atoms with van der Waals surface area (Å²) in [5, 5.41) is 5.27. The van der Waals surface area contributed by atoms with Crippen molar-refractivity contribution >= 4 is 39.9 Å². The molecule has 0 aliphatic carbocycles. The summed E-state index contributed by atoms with van der Waals surface area (Å²) in [5.74, 6) is -0.509. The fourth-order valence-corrected chi connectivity index (χ4v) is 2.67. The second-order valence-corrected chi connectivity index (χ2v) is 6.40. The van der Waals surface area contributed by atoms with Gasteiger partial charge < -0.3 is 14.8 Å². The Morgan fingerprint density at radius 3 is 2.56 bits per heavy atom. The molecule has 0 bridgehead atoms. The third-order valence-electron chi connectivity index (χ3n) is 3.92. The molecule has 0 aliphatic heterocycles. The van der Waals surface area contributed by atoms with Gasteiger partial charge in [0.25, 0.3) is 5.91 Å². The number of hydrogen-bond acceptors (Lipinski definition) is 4. The maximum absolute atomic E-state index is 11.9. The molecule has 0 aromatic heterocycles. The number of nitrogens with one attached hydrogen (secondary N) is 1. The highest BCUT2D eigenvalue weighted by Crippen LogP contribution is 2.21. The molecule has 0 saturated carbocycles. The Morgan fingerprint density at radius 1 is 0.963 bits per heavy atom. The molecule has 3 aromatic rings. The molecular formula is C21H18ClNO4. The normalized spacial score (nSPS) is 10.4. The SMILES string of the molecule is Cc1ccc(Cl)cc1NC(=O)COC(=O)COc1ccc2ccccc2c1. The predicted molar refractivity (Wildman–Crippen MR) is 105 cm³/mol. The van der Waals surface area contributed by atoms with Crippen LogP contribution >= 0.6 is 11.6 Å². The molecule has 6 heteroatoms. The van der Waals surface area contributed by atoms with Gasteiger partial charge in [0.05, 0.1) is 0 Å². The second-order valence-electron chi connectivity index (χ2n) is 5.97. The van der Waals surface area contributed by atoms with E-state index in [4.69, 9.17) is 21.1 Å². The van der Waals surface area contributed by atoms with Crippen LogP contribution in [0.25, 0.3) is 10.8 Å². The number of aryl methyl sites for hydroxylation is 1. The van der Waals surface area contributed by atoms with E-state index >= 15 is 0 Å². The molecule has 1 amide bonds. The predicted octanol–water partition coefficient (Wildman–Crippen LogP) is 4.36. The van der Waals surface area contributed by atoms with Gasteiger partial charge in [-0.25, -0.2) is 4.79 Å². The zero-order chi connectivity index (χ0) is 19.2. The number of ether oxygens (including phenoxy) is 2. The fraction of sp³-hybridized carbons (Fsp3) is 0.143. The Kier molecular flexibility index (Phi) is 5.94. The minimum atomic E-state index is -0.624. The molecule has 0 spiro atoms. The molecule has 0 saturated heterocycles. The van der Waals surface area contributed by atoms with E-state index in [1.165, 1.54) is 0 Å². The highest BCUT2D eigenvalue weighted by Gasteiger charge is 2.10. The number of anilines is 1. The Labute approximate surface area is 161 Å². The average molecular weight is 384 g/mol. The van der Waals surface area contributed by atoms with Gasteiger partial charge in [-0.3, -0.25) is 4.79 Å². The van der Waals surface area contributed by atoms with Crippen molar-refractivity contribution in [2.45, 2.75) is 6.92 Å². The molecule has 5 nitrogen and oxygen atoms in total. The van der Waals surface area contributed by atoms with Gasteiger partial charge >= 0.3 is 5.97 Å². The Bertz CT molecular complexity index is 987. The van der Waals surface area contributed by atoms with Crippen LogP contribution in [0.4, 0.5) is 5.69 Å². The monoisotopic (exact) mass is 383 g/mol. The van der Waals surface area contributed by atoms with Gasteiger partial charge in [0.1, 0.15) is 5.75 Å². The van der Waals surface area contributed by atoms with E-state index in [1.807, 2.05) is 43.3 Å². The molecule has 27 heavy (non-hydrogen) atoms. The molecule has 3 rings (SSSR count). The van der Waals surface area contributed by atoms with Gasteiger partial charge in [0.15, 0.2) is 13.2 Å². The number of halogens is 1. The molecular weight excluding hydrogens is 366 g/mol. The number of hydrogen-bond donors (Lipinski definition) is 1. The quantitative estimate of drug-likeness (QED) is 0.642. The molecule has 1 N–H and O–H groups in total. The first kappa shape index (κ1) is 18.7. The van der Waals surface area contributed by atoms with E-state index in [9.17, 15) is 9.59 Å². The highest BCUT2D eigenvalue weighted by molar-refractivity contribution is 6.31. The van der Waals surface area contributed by atoms with Crippen molar-refractivity contribution < 1.29 is 19.1 Å². The lowest BCUT2D eigenvalue weighted by atomic mass is 10.1.